The molecule has 100 valence electrons. The number of nitrogens with one attached hydrogen (secondary N) is 1. The second kappa shape index (κ2) is 6.69. The van der Waals surface area contributed by atoms with Gasteiger partial charge in [0.1, 0.15) is 12.4 Å². The van der Waals surface area contributed by atoms with Crippen LogP contribution < -0.4 is 15.8 Å². The molecule has 0 aliphatic rings. The number of anilines is 2. The Morgan fingerprint density at radius 3 is 2.32 bits per heavy atom. The lowest BCUT2D eigenvalue weighted by atomic mass is 10.1. The van der Waals surface area contributed by atoms with Gasteiger partial charge in [-0.05, 0) is 48.4 Å². The van der Waals surface area contributed by atoms with E-state index >= 15 is 0 Å². The van der Waals surface area contributed by atoms with Crippen LogP contribution in [-0.4, -0.2) is 13.2 Å². The Morgan fingerprint density at radius 2 is 1.68 bits per heavy atom. The Balaban J connectivity index is 1.72. The zero-order valence-corrected chi connectivity index (χ0v) is 11.2. The molecule has 0 fully saturated rings. The van der Waals surface area contributed by atoms with E-state index in [-0.39, 0.29) is 0 Å². The van der Waals surface area contributed by atoms with Crippen LogP contribution in [0.5, 0.6) is 5.75 Å². The normalized spacial score (nSPS) is 10.2. The maximum atomic E-state index is 5.61. The molecule has 2 rings (SSSR count). The first kappa shape index (κ1) is 13.3. The van der Waals surface area contributed by atoms with Gasteiger partial charge < -0.3 is 15.8 Å². The minimum absolute atomic E-state index is 0.624. The Bertz CT molecular complexity index is 491. The van der Waals surface area contributed by atoms with Gasteiger partial charge in [-0.25, -0.2) is 0 Å². The number of ether oxygens (including phenoxy) is 1. The van der Waals surface area contributed by atoms with E-state index in [1.165, 1.54) is 5.56 Å². The Labute approximate surface area is 114 Å². The molecule has 0 bridgehead atoms. The van der Waals surface area contributed by atoms with E-state index in [1.54, 1.807) is 0 Å². The molecule has 3 N–H and O–H groups in total. The summed E-state index contributed by atoms with van der Waals surface area (Å²) in [5, 5.41) is 3.33. The molecule has 0 saturated heterocycles. The van der Waals surface area contributed by atoms with Crippen LogP contribution in [0.2, 0.25) is 0 Å². The summed E-state index contributed by atoms with van der Waals surface area (Å²) in [6.45, 7) is 3.55. The van der Waals surface area contributed by atoms with Gasteiger partial charge in [0, 0.05) is 17.9 Å². The van der Waals surface area contributed by atoms with Gasteiger partial charge in [0.05, 0.1) is 0 Å². The van der Waals surface area contributed by atoms with E-state index in [2.05, 4.69) is 36.5 Å². The lowest BCUT2D eigenvalue weighted by Gasteiger charge is -2.09. The van der Waals surface area contributed by atoms with Crippen molar-refractivity contribution in [1.82, 2.24) is 0 Å². The number of benzene rings is 2. The smallest absolute Gasteiger partial charge is 0.119 e. The van der Waals surface area contributed by atoms with Gasteiger partial charge in [-0.3, -0.25) is 0 Å². The second-order valence-electron chi connectivity index (χ2n) is 4.39. The quantitative estimate of drug-likeness (QED) is 0.615. The van der Waals surface area contributed by atoms with Crippen molar-refractivity contribution >= 4 is 11.4 Å². The number of rotatable bonds is 6. The highest BCUT2D eigenvalue weighted by Crippen LogP contribution is 2.13. The van der Waals surface area contributed by atoms with E-state index in [9.17, 15) is 0 Å². The summed E-state index contributed by atoms with van der Waals surface area (Å²) >= 11 is 0. The van der Waals surface area contributed by atoms with Gasteiger partial charge in [0.2, 0.25) is 0 Å². The molecule has 2 aromatic carbocycles. The van der Waals surface area contributed by atoms with Crippen LogP contribution in [0.15, 0.2) is 48.5 Å². The fourth-order valence-corrected chi connectivity index (χ4v) is 1.79. The number of nitrogens with two attached hydrogens (primary N) is 1. The summed E-state index contributed by atoms with van der Waals surface area (Å²) in [7, 11) is 0. The van der Waals surface area contributed by atoms with Crippen molar-refractivity contribution in [2.75, 3.05) is 24.2 Å². The monoisotopic (exact) mass is 256 g/mol. The third-order valence-electron chi connectivity index (χ3n) is 2.94. The zero-order valence-electron chi connectivity index (χ0n) is 11.2. The van der Waals surface area contributed by atoms with Crippen LogP contribution in [-0.2, 0) is 6.42 Å². The van der Waals surface area contributed by atoms with Gasteiger partial charge >= 0.3 is 0 Å². The van der Waals surface area contributed by atoms with Gasteiger partial charge in [0.15, 0.2) is 0 Å². The minimum atomic E-state index is 0.624. The van der Waals surface area contributed by atoms with Crippen molar-refractivity contribution in [3.63, 3.8) is 0 Å². The molecule has 0 aliphatic carbocycles. The van der Waals surface area contributed by atoms with Crippen LogP contribution in [0.1, 0.15) is 12.5 Å². The molecule has 0 spiro atoms. The largest absolute Gasteiger partial charge is 0.492 e. The van der Waals surface area contributed by atoms with E-state index < -0.39 is 0 Å². The molecule has 0 unspecified atom stereocenters. The molecule has 0 atom stereocenters. The molecule has 0 aliphatic heterocycles. The predicted molar refractivity (Wildman–Crippen MR) is 80.7 cm³/mol. The van der Waals surface area contributed by atoms with E-state index in [0.29, 0.717) is 6.61 Å². The second-order valence-corrected chi connectivity index (χ2v) is 4.39. The predicted octanol–water partition coefficient (Wildman–Crippen LogP) is 3.32. The highest BCUT2D eigenvalue weighted by molar-refractivity contribution is 5.44. The van der Waals surface area contributed by atoms with Crippen molar-refractivity contribution in [1.29, 1.82) is 0 Å². The van der Waals surface area contributed by atoms with Crippen molar-refractivity contribution in [2.24, 2.45) is 0 Å². The lowest BCUT2D eigenvalue weighted by Crippen LogP contribution is -2.11. The highest BCUT2D eigenvalue weighted by Gasteiger charge is 1.95. The molecule has 0 radical (unpaired) electrons. The van der Waals surface area contributed by atoms with Gasteiger partial charge in [0.25, 0.3) is 0 Å². The summed E-state index contributed by atoms with van der Waals surface area (Å²) in [6.07, 6.45) is 1.07. The fraction of sp³-hybridized carbons (Fsp3) is 0.250. The van der Waals surface area contributed by atoms with Crippen molar-refractivity contribution < 1.29 is 4.74 Å². The fourth-order valence-electron chi connectivity index (χ4n) is 1.79. The third kappa shape index (κ3) is 4.21. The summed E-state index contributed by atoms with van der Waals surface area (Å²) in [6, 6.07) is 15.9. The van der Waals surface area contributed by atoms with Gasteiger partial charge in [-0.2, -0.15) is 0 Å². The van der Waals surface area contributed by atoms with Crippen molar-refractivity contribution in [3.05, 3.63) is 54.1 Å². The topological polar surface area (TPSA) is 47.3 Å². The van der Waals surface area contributed by atoms with E-state index in [1.807, 2.05) is 24.3 Å². The summed E-state index contributed by atoms with van der Waals surface area (Å²) < 4.78 is 5.61. The maximum Gasteiger partial charge on any atom is 0.119 e. The SMILES string of the molecule is CCc1ccc(NCCOc2ccc(N)cc2)cc1. The van der Waals surface area contributed by atoms with Crippen LogP contribution in [0, 0.1) is 0 Å². The summed E-state index contributed by atoms with van der Waals surface area (Å²) in [4.78, 5) is 0. The van der Waals surface area contributed by atoms with Crippen LogP contribution >= 0.6 is 0 Å². The summed E-state index contributed by atoms with van der Waals surface area (Å²) in [5.41, 5.74) is 8.84. The third-order valence-corrected chi connectivity index (χ3v) is 2.94. The molecule has 2 aromatic rings. The Hall–Kier alpha value is -2.16. The molecular weight excluding hydrogens is 236 g/mol. The average molecular weight is 256 g/mol. The summed E-state index contributed by atoms with van der Waals surface area (Å²) in [5.74, 6) is 0.845. The maximum absolute atomic E-state index is 5.61. The molecule has 19 heavy (non-hydrogen) atoms. The number of nitrogen functional groups attached to an aromatic ring is 1. The molecule has 0 amide bonds. The lowest BCUT2D eigenvalue weighted by molar-refractivity contribution is 0.333. The molecule has 0 heterocycles. The van der Waals surface area contributed by atoms with E-state index in [4.69, 9.17) is 10.5 Å². The number of aryl methyl sites for hydroxylation is 1. The average Bonchev–Trinajstić information content (AvgIpc) is 2.46. The first-order chi connectivity index (χ1) is 9.28. The van der Waals surface area contributed by atoms with Crippen molar-refractivity contribution in [3.8, 4) is 5.75 Å². The number of hydrogen-bond donors (Lipinski definition) is 2. The molecule has 3 nitrogen and oxygen atoms in total. The molecular formula is C16H20N2O. The van der Waals surface area contributed by atoms with Gasteiger partial charge in [-0.15, -0.1) is 0 Å². The standard InChI is InChI=1S/C16H20N2O/c1-2-13-3-7-15(8-4-13)18-11-12-19-16-9-5-14(17)6-10-16/h3-10,18H,2,11-12,17H2,1H3. The molecule has 0 aromatic heterocycles. The Kier molecular flexibility index (Phi) is 4.67. The Morgan fingerprint density at radius 1 is 1.00 bits per heavy atom. The highest BCUT2D eigenvalue weighted by atomic mass is 16.5. The zero-order chi connectivity index (χ0) is 13.5. The first-order valence-electron chi connectivity index (χ1n) is 6.59. The first-order valence-corrected chi connectivity index (χ1v) is 6.59. The molecule has 0 saturated carbocycles. The van der Waals surface area contributed by atoms with Crippen LogP contribution in [0.25, 0.3) is 0 Å². The van der Waals surface area contributed by atoms with Crippen LogP contribution in [0.4, 0.5) is 11.4 Å². The van der Waals surface area contributed by atoms with Crippen molar-refractivity contribution in [2.45, 2.75) is 13.3 Å². The molecule has 3 heteroatoms. The minimum Gasteiger partial charge on any atom is -0.492 e. The number of hydrogen-bond acceptors (Lipinski definition) is 3. The van der Waals surface area contributed by atoms with Gasteiger partial charge in [-0.1, -0.05) is 19.1 Å². The van der Waals surface area contributed by atoms with Crippen LogP contribution in [0.3, 0.4) is 0 Å². The van der Waals surface area contributed by atoms with E-state index in [0.717, 1.165) is 30.1 Å².